The van der Waals surface area contributed by atoms with Gasteiger partial charge < -0.3 is 0 Å². The zero-order valence-corrected chi connectivity index (χ0v) is 11.3. The van der Waals surface area contributed by atoms with Crippen molar-refractivity contribution in [1.82, 2.24) is 4.98 Å². The second-order valence-electron chi connectivity index (χ2n) is 4.09. The van der Waals surface area contributed by atoms with Crippen LogP contribution in [0.2, 0.25) is 0 Å². The summed E-state index contributed by atoms with van der Waals surface area (Å²) in [6.07, 6.45) is 1.41. The maximum Gasteiger partial charge on any atom is 0.267 e. The molecular weight excluding hydrogens is 334 g/mol. The predicted molar refractivity (Wildman–Crippen MR) is 69.4 cm³/mol. The number of hydrogen-bond acceptors (Lipinski definition) is 3. The van der Waals surface area contributed by atoms with Gasteiger partial charge in [0.25, 0.3) is 11.8 Å². The third-order valence-electron chi connectivity index (χ3n) is 2.86. The number of aromatic nitrogens is 1. The Balaban J connectivity index is 2.14. The normalized spacial score (nSPS) is 13.8. The van der Waals surface area contributed by atoms with E-state index in [1.165, 1.54) is 12.3 Å². The fourth-order valence-electron chi connectivity index (χ4n) is 1.96. The van der Waals surface area contributed by atoms with Crippen LogP contribution in [-0.2, 0) is 0 Å². The van der Waals surface area contributed by atoms with Crippen LogP contribution < -0.4 is 4.90 Å². The van der Waals surface area contributed by atoms with E-state index in [0.29, 0.717) is 4.47 Å². The first kappa shape index (κ1) is 12.9. The molecule has 0 fully saturated rings. The van der Waals surface area contributed by atoms with Crippen molar-refractivity contribution in [2.75, 3.05) is 4.90 Å². The number of amides is 2. The number of carbonyl (C=O) groups is 2. The molecule has 0 radical (unpaired) electrons. The third-order valence-corrected chi connectivity index (χ3v) is 3.36. The van der Waals surface area contributed by atoms with Crippen molar-refractivity contribution in [3.8, 4) is 0 Å². The second kappa shape index (κ2) is 4.45. The van der Waals surface area contributed by atoms with Gasteiger partial charge in [-0.2, -0.15) is 0 Å². The Hall–Kier alpha value is -2.15. The van der Waals surface area contributed by atoms with E-state index < -0.39 is 23.4 Å². The van der Waals surface area contributed by atoms with Gasteiger partial charge in [0.05, 0.1) is 11.1 Å². The molecule has 3 rings (SSSR count). The largest absolute Gasteiger partial charge is 0.268 e. The van der Waals surface area contributed by atoms with Crippen LogP contribution >= 0.6 is 15.9 Å². The summed E-state index contributed by atoms with van der Waals surface area (Å²) in [4.78, 5) is 29.0. The molecule has 7 heteroatoms. The van der Waals surface area contributed by atoms with Gasteiger partial charge in [-0.15, -0.1) is 0 Å². The molecule has 0 bridgehead atoms. The Morgan fingerprint density at radius 2 is 1.55 bits per heavy atom. The van der Waals surface area contributed by atoms with Gasteiger partial charge in [-0.05, 0) is 24.3 Å². The molecule has 0 spiro atoms. The van der Waals surface area contributed by atoms with Crippen molar-refractivity contribution in [2.45, 2.75) is 0 Å². The van der Waals surface area contributed by atoms with Crippen molar-refractivity contribution in [3.63, 3.8) is 0 Å². The maximum atomic E-state index is 13.2. The fraction of sp³-hybridized carbons (Fsp3) is 0. The standard InChI is InChI=1S/C13H5BrF2N2O2/c14-6-1-2-17-11(3-6)18-12(19)7-4-9(15)10(16)5-8(7)13(18)20/h1-5H. The highest BCUT2D eigenvalue weighted by Crippen LogP contribution is 2.29. The molecule has 0 saturated heterocycles. The van der Waals surface area contributed by atoms with E-state index in [4.69, 9.17) is 0 Å². The molecule has 0 atom stereocenters. The second-order valence-corrected chi connectivity index (χ2v) is 5.01. The minimum absolute atomic E-state index is 0.0893. The molecule has 2 aromatic rings. The van der Waals surface area contributed by atoms with E-state index in [1.54, 1.807) is 6.07 Å². The number of anilines is 1. The molecule has 1 aromatic carbocycles. The number of fused-ring (bicyclic) bond motifs is 1. The van der Waals surface area contributed by atoms with E-state index in [9.17, 15) is 18.4 Å². The van der Waals surface area contributed by atoms with Gasteiger partial charge in [-0.1, -0.05) is 15.9 Å². The molecule has 1 aromatic heterocycles. The monoisotopic (exact) mass is 338 g/mol. The Kier molecular flexibility index (Phi) is 2.86. The lowest BCUT2D eigenvalue weighted by Crippen LogP contribution is -2.30. The van der Waals surface area contributed by atoms with Crippen LogP contribution in [0.1, 0.15) is 20.7 Å². The SMILES string of the molecule is O=C1c2cc(F)c(F)cc2C(=O)N1c1cc(Br)ccn1. The zero-order chi connectivity index (χ0) is 14.4. The number of benzene rings is 1. The molecule has 1 aliphatic heterocycles. The van der Waals surface area contributed by atoms with Crippen LogP contribution in [0.15, 0.2) is 34.9 Å². The van der Waals surface area contributed by atoms with E-state index in [1.807, 2.05) is 0 Å². The summed E-state index contributed by atoms with van der Waals surface area (Å²) < 4.78 is 27.0. The number of rotatable bonds is 1. The number of halogens is 3. The molecule has 0 aliphatic carbocycles. The summed E-state index contributed by atoms with van der Waals surface area (Å²) in [7, 11) is 0. The third kappa shape index (κ3) is 1.82. The number of hydrogen-bond donors (Lipinski definition) is 0. The highest BCUT2D eigenvalue weighted by molar-refractivity contribution is 9.10. The van der Waals surface area contributed by atoms with Crippen LogP contribution in [0.4, 0.5) is 14.6 Å². The van der Waals surface area contributed by atoms with Crippen LogP contribution in [0, 0.1) is 11.6 Å². The Morgan fingerprint density at radius 1 is 1.00 bits per heavy atom. The fourth-order valence-corrected chi connectivity index (χ4v) is 2.28. The quantitative estimate of drug-likeness (QED) is 0.751. The summed E-state index contributed by atoms with van der Waals surface area (Å²) in [5, 5.41) is 0. The summed E-state index contributed by atoms with van der Waals surface area (Å²) in [6.45, 7) is 0. The molecule has 2 amide bonds. The predicted octanol–water partition coefficient (Wildman–Crippen LogP) is 2.92. The highest BCUT2D eigenvalue weighted by atomic mass is 79.9. The van der Waals surface area contributed by atoms with Crippen molar-refractivity contribution in [2.24, 2.45) is 0 Å². The molecule has 1 aliphatic rings. The summed E-state index contributed by atoms with van der Waals surface area (Å²) in [6, 6.07) is 4.54. The van der Waals surface area contributed by atoms with Crippen molar-refractivity contribution < 1.29 is 18.4 Å². The Labute approximate surface area is 120 Å². The molecular formula is C13H5BrF2N2O2. The molecule has 20 heavy (non-hydrogen) atoms. The molecule has 2 heterocycles. The number of imide groups is 1. The minimum atomic E-state index is -1.17. The molecule has 0 unspecified atom stereocenters. The summed E-state index contributed by atoms with van der Waals surface area (Å²) in [5.74, 6) is -3.71. The van der Waals surface area contributed by atoms with E-state index in [2.05, 4.69) is 20.9 Å². The first-order valence-corrected chi connectivity index (χ1v) is 6.27. The first-order chi connectivity index (χ1) is 9.49. The number of carbonyl (C=O) groups excluding carboxylic acids is 2. The number of nitrogens with zero attached hydrogens (tertiary/aromatic N) is 2. The summed E-state index contributed by atoms with van der Waals surface area (Å²) >= 11 is 3.20. The van der Waals surface area contributed by atoms with Crippen LogP contribution in [-0.4, -0.2) is 16.8 Å². The van der Waals surface area contributed by atoms with Gasteiger partial charge in [0, 0.05) is 10.7 Å². The van der Waals surface area contributed by atoms with Crippen LogP contribution in [0.25, 0.3) is 0 Å². The topological polar surface area (TPSA) is 50.3 Å². The van der Waals surface area contributed by atoms with Gasteiger partial charge in [-0.25, -0.2) is 18.7 Å². The number of pyridine rings is 1. The lowest BCUT2D eigenvalue weighted by molar-refractivity contribution is 0.0925. The van der Waals surface area contributed by atoms with E-state index >= 15 is 0 Å². The van der Waals surface area contributed by atoms with Crippen LogP contribution in [0.5, 0.6) is 0 Å². The molecule has 0 saturated carbocycles. The lowest BCUT2D eigenvalue weighted by atomic mass is 10.1. The zero-order valence-electron chi connectivity index (χ0n) is 9.73. The first-order valence-electron chi connectivity index (χ1n) is 5.48. The lowest BCUT2D eigenvalue weighted by Gasteiger charge is -2.12. The van der Waals surface area contributed by atoms with Gasteiger partial charge in [-0.3, -0.25) is 9.59 Å². The van der Waals surface area contributed by atoms with Crippen molar-refractivity contribution in [1.29, 1.82) is 0 Å². The Morgan fingerprint density at radius 3 is 2.05 bits per heavy atom. The highest BCUT2D eigenvalue weighted by Gasteiger charge is 2.38. The van der Waals surface area contributed by atoms with Gasteiger partial charge >= 0.3 is 0 Å². The maximum absolute atomic E-state index is 13.2. The average Bonchev–Trinajstić information content (AvgIpc) is 2.63. The van der Waals surface area contributed by atoms with Crippen molar-refractivity contribution >= 4 is 33.6 Å². The van der Waals surface area contributed by atoms with E-state index in [0.717, 1.165) is 17.0 Å². The van der Waals surface area contributed by atoms with Gasteiger partial charge in [0.2, 0.25) is 0 Å². The minimum Gasteiger partial charge on any atom is -0.268 e. The van der Waals surface area contributed by atoms with Crippen molar-refractivity contribution in [3.05, 3.63) is 57.7 Å². The smallest absolute Gasteiger partial charge is 0.267 e. The van der Waals surface area contributed by atoms with Crippen LogP contribution in [0.3, 0.4) is 0 Å². The average molecular weight is 339 g/mol. The Bertz CT molecular complexity index is 723. The molecule has 0 N–H and O–H groups in total. The van der Waals surface area contributed by atoms with Gasteiger partial charge in [0.1, 0.15) is 5.82 Å². The van der Waals surface area contributed by atoms with Gasteiger partial charge in [0.15, 0.2) is 11.6 Å². The summed E-state index contributed by atoms with van der Waals surface area (Å²) in [5.41, 5.74) is -0.341. The molecule has 100 valence electrons. The van der Waals surface area contributed by atoms with E-state index in [-0.39, 0.29) is 16.9 Å². The molecule has 4 nitrogen and oxygen atoms in total.